The van der Waals surface area contributed by atoms with E-state index in [9.17, 15) is 9.59 Å². The van der Waals surface area contributed by atoms with Crippen molar-refractivity contribution in [1.29, 1.82) is 0 Å². The van der Waals surface area contributed by atoms with E-state index in [0.29, 0.717) is 24.2 Å². The van der Waals surface area contributed by atoms with Gasteiger partial charge in [0.05, 0.1) is 11.1 Å². The minimum atomic E-state index is -0.190. The molecule has 0 fully saturated rings. The standard InChI is InChI=1S/C23H28N4O2.HI/c1-16-10-11-18(17(2)14-16)15-26-23(24-3)25-12-6-7-13-27-21(28)19-8-4-5-9-20(19)22(27)29;/h4-5,8-11,14H,6-7,12-13,15H2,1-3H3,(H2,24,25,26);1H. The molecule has 0 aromatic heterocycles. The van der Waals surface area contributed by atoms with Crippen LogP contribution in [0.4, 0.5) is 0 Å². The first-order valence-corrected chi connectivity index (χ1v) is 9.97. The molecule has 1 aliphatic heterocycles. The van der Waals surface area contributed by atoms with Crippen molar-refractivity contribution < 1.29 is 9.59 Å². The van der Waals surface area contributed by atoms with E-state index in [1.807, 2.05) is 0 Å². The second-order valence-corrected chi connectivity index (χ2v) is 7.30. The number of unbranched alkanes of at least 4 members (excludes halogenated alkanes) is 1. The van der Waals surface area contributed by atoms with Crippen LogP contribution in [0.15, 0.2) is 47.5 Å². The van der Waals surface area contributed by atoms with Crippen LogP contribution in [-0.4, -0.2) is 42.8 Å². The van der Waals surface area contributed by atoms with Gasteiger partial charge in [-0.3, -0.25) is 19.5 Å². The van der Waals surface area contributed by atoms with Crippen LogP contribution in [-0.2, 0) is 6.54 Å². The van der Waals surface area contributed by atoms with Crippen molar-refractivity contribution in [2.24, 2.45) is 4.99 Å². The van der Waals surface area contributed by atoms with E-state index < -0.39 is 0 Å². The van der Waals surface area contributed by atoms with Gasteiger partial charge in [-0.15, -0.1) is 24.0 Å². The monoisotopic (exact) mass is 520 g/mol. The minimum absolute atomic E-state index is 0. The number of aryl methyl sites for hydroxylation is 2. The van der Waals surface area contributed by atoms with Gasteiger partial charge in [-0.2, -0.15) is 0 Å². The van der Waals surface area contributed by atoms with Gasteiger partial charge in [-0.1, -0.05) is 35.9 Å². The lowest BCUT2D eigenvalue weighted by molar-refractivity contribution is 0.0652. The van der Waals surface area contributed by atoms with Crippen LogP contribution < -0.4 is 10.6 Å². The molecule has 0 aliphatic carbocycles. The lowest BCUT2D eigenvalue weighted by atomic mass is 10.1. The Morgan fingerprint density at radius 2 is 1.63 bits per heavy atom. The molecule has 3 rings (SSSR count). The number of hydrogen-bond acceptors (Lipinski definition) is 3. The highest BCUT2D eigenvalue weighted by Gasteiger charge is 2.34. The number of aliphatic imine (C=N–C) groups is 1. The number of carbonyl (C=O) groups is 2. The summed E-state index contributed by atoms with van der Waals surface area (Å²) < 4.78 is 0. The Morgan fingerprint density at radius 3 is 2.23 bits per heavy atom. The van der Waals surface area contributed by atoms with Gasteiger partial charge in [0, 0.05) is 26.7 Å². The number of rotatable bonds is 7. The number of nitrogens with one attached hydrogen (secondary N) is 2. The molecule has 0 bridgehead atoms. The number of hydrogen-bond donors (Lipinski definition) is 2. The van der Waals surface area contributed by atoms with E-state index in [0.717, 1.165) is 25.3 Å². The SMILES string of the molecule is CN=C(NCCCCN1C(=O)c2ccccc2C1=O)NCc1ccc(C)cc1C.I. The van der Waals surface area contributed by atoms with Gasteiger partial charge in [0.15, 0.2) is 5.96 Å². The highest BCUT2D eigenvalue weighted by Crippen LogP contribution is 2.22. The van der Waals surface area contributed by atoms with E-state index in [1.165, 1.54) is 21.6 Å². The van der Waals surface area contributed by atoms with Crippen LogP contribution in [0.3, 0.4) is 0 Å². The van der Waals surface area contributed by atoms with Crippen LogP contribution in [0.2, 0.25) is 0 Å². The molecule has 1 heterocycles. The normalized spacial score (nSPS) is 13.2. The molecule has 2 aromatic rings. The Bertz CT molecular complexity index is 908. The molecule has 6 nitrogen and oxygen atoms in total. The zero-order valence-electron chi connectivity index (χ0n) is 17.7. The Kier molecular flexibility index (Phi) is 8.83. The highest BCUT2D eigenvalue weighted by atomic mass is 127. The smallest absolute Gasteiger partial charge is 0.261 e. The Labute approximate surface area is 195 Å². The van der Waals surface area contributed by atoms with Crippen molar-refractivity contribution in [2.75, 3.05) is 20.1 Å². The molecule has 2 N–H and O–H groups in total. The maximum atomic E-state index is 12.4. The summed E-state index contributed by atoms with van der Waals surface area (Å²) in [4.78, 5) is 30.3. The number of amides is 2. The summed E-state index contributed by atoms with van der Waals surface area (Å²) in [6.45, 7) is 6.06. The van der Waals surface area contributed by atoms with Crippen molar-refractivity contribution in [3.8, 4) is 0 Å². The van der Waals surface area contributed by atoms with Crippen LogP contribution in [0.25, 0.3) is 0 Å². The van der Waals surface area contributed by atoms with Gasteiger partial charge in [0.2, 0.25) is 0 Å². The highest BCUT2D eigenvalue weighted by molar-refractivity contribution is 14.0. The average Bonchev–Trinajstić information content (AvgIpc) is 2.96. The summed E-state index contributed by atoms with van der Waals surface area (Å²) in [7, 11) is 1.75. The second-order valence-electron chi connectivity index (χ2n) is 7.30. The van der Waals surface area contributed by atoms with E-state index >= 15 is 0 Å². The lowest BCUT2D eigenvalue weighted by Gasteiger charge is -2.15. The van der Waals surface area contributed by atoms with E-state index in [4.69, 9.17) is 0 Å². The van der Waals surface area contributed by atoms with E-state index in [1.54, 1.807) is 31.3 Å². The second kappa shape index (κ2) is 11.1. The van der Waals surface area contributed by atoms with Crippen molar-refractivity contribution in [1.82, 2.24) is 15.5 Å². The maximum Gasteiger partial charge on any atom is 0.261 e. The van der Waals surface area contributed by atoms with Gasteiger partial charge in [-0.05, 0) is 49.9 Å². The summed E-state index contributed by atoms with van der Waals surface area (Å²) in [5.41, 5.74) is 4.77. The van der Waals surface area contributed by atoms with Gasteiger partial charge >= 0.3 is 0 Å². The molecule has 7 heteroatoms. The summed E-state index contributed by atoms with van der Waals surface area (Å²) in [6.07, 6.45) is 1.57. The quantitative estimate of drug-likeness (QED) is 0.192. The number of carbonyl (C=O) groups excluding carboxylic acids is 2. The fraction of sp³-hybridized carbons (Fsp3) is 0.348. The molecule has 160 valence electrons. The number of imide groups is 1. The fourth-order valence-corrected chi connectivity index (χ4v) is 3.49. The molecular weight excluding hydrogens is 491 g/mol. The summed E-state index contributed by atoms with van der Waals surface area (Å²) in [5, 5.41) is 6.61. The predicted octanol–water partition coefficient (Wildman–Crippen LogP) is 3.66. The van der Waals surface area contributed by atoms with Crippen LogP contribution in [0.5, 0.6) is 0 Å². The molecular formula is C23H29IN4O2. The molecule has 0 spiro atoms. The fourth-order valence-electron chi connectivity index (χ4n) is 3.49. The van der Waals surface area contributed by atoms with Crippen molar-refractivity contribution in [3.63, 3.8) is 0 Å². The lowest BCUT2D eigenvalue weighted by Crippen LogP contribution is -2.37. The molecule has 0 saturated heterocycles. The third kappa shape index (κ3) is 5.59. The van der Waals surface area contributed by atoms with E-state index in [2.05, 4.69) is 47.7 Å². The third-order valence-corrected chi connectivity index (χ3v) is 5.15. The Hall–Kier alpha value is -2.42. The van der Waals surface area contributed by atoms with Gasteiger partial charge in [-0.25, -0.2) is 0 Å². The molecule has 0 saturated carbocycles. The minimum Gasteiger partial charge on any atom is -0.356 e. The van der Waals surface area contributed by atoms with Crippen LogP contribution >= 0.6 is 24.0 Å². The maximum absolute atomic E-state index is 12.4. The molecule has 2 amide bonds. The Morgan fingerprint density at radius 1 is 0.967 bits per heavy atom. The van der Waals surface area contributed by atoms with Crippen molar-refractivity contribution in [3.05, 3.63) is 70.3 Å². The van der Waals surface area contributed by atoms with Gasteiger partial charge < -0.3 is 10.6 Å². The zero-order chi connectivity index (χ0) is 20.8. The first-order chi connectivity index (χ1) is 14.0. The first-order valence-electron chi connectivity index (χ1n) is 9.97. The van der Waals surface area contributed by atoms with Gasteiger partial charge in [0.25, 0.3) is 11.8 Å². The van der Waals surface area contributed by atoms with E-state index in [-0.39, 0.29) is 35.8 Å². The van der Waals surface area contributed by atoms with Gasteiger partial charge in [0.1, 0.15) is 0 Å². The molecule has 1 aliphatic rings. The molecule has 0 unspecified atom stereocenters. The summed E-state index contributed by atoms with van der Waals surface area (Å²) in [6, 6.07) is 13.4. The topological polar surface area (TPSA) is 73.8 Å². The largest absolute Gasteiger partial charge is 0.356 e. The van der Waals surface area contributed by atoms with Crippen molar-refractivity contribution >= 4 is 41.8 Å². The van der Waals surface area contributed by atoms with Crippen molar-refractivity contribution in [2.45, 2.75) is 33.2 Å². The number of halogens is 1. The van der Waals surface area contributed by atoms with Crippen LogP contribution in [0, 0.1) is 13.8 Å². The van der Waals surface area contributed by atoms with Crippen LogP contribution in [0.1, 0.15) is 50.2 Å². The zero-order valence-corrected chi connectivity index (χ0v) is 20.0. The Balaban J connectivity index is 0.00000320. The summed E-state index contributed by atoms with van der Waals surface area (Å²) >= 11 is 0. The number of fused-ring (bicyclic) bond motifs is 1. The first kappa shape index (κ1) is 23.9. The molecule has 0 radical (unpaired) electrons. The molecule has 2 aromatic carbocycles. The number of benzene rings is 2. The molecule has 0 atom stereocenters. The third-order valence-electron chi connectivity index (χ3n) is 5.15. The summed E-state index contributed by atoms with van der Waals surface area (Å²) in [5.74, 6) is 0.361. The predicted molar refractivity (Wildman–Crippen MR) is 131 cm³/mol. The number of guanidine groups is 1. The number of nitrogens with zero attached hydrogens (tertiary/aromatic N) is 2. The molecule has 30 heavy (non-hydrogen) atoms. The average molecular weight is 520 g/mol.